The van der Waals surface area contributed by atoms with Crippen LogP contribution in [0.1, 0.15) is 66.5 Å². The smallest absolute Gasteiger partial charge is 0.0300 e. The zero-order valence-electron chi connectivity index (χ0n) is 12.1. The third kappa shape index (κ3) is 3.32. The molecule has 0 heterocycles. The van der Waals surface area contributed by atoms with Crippen molar-refractivity contribution in [1.82, 2.24) is 0 Å². The van der Waals surface area contributed by atoms with Crippen molar-refractivity contribution >= 4 is 0 Å². The number of aryl methyl sites for hydroxylation is 2. The van der Waals surface area contributed by atoms with Gasteiger partial charge in [0, 0.05) is 6.04 Å². The number of hydrogen-bond acceptors (Lipinski definition) is 1. The fraction of sp³-hybridized carbons (Fsp3) is 0.625. The van der Waals surface area contributed by atoms with E-state index in [-0.39, 0.29) is 6.04 Å². The number of benzene rings is 1. The lowest BCUT2D eigenvalue weighted by atomic mass is 9.88. The summed E-state index contributed by atoms with van der Waals surface area (Å²) in [5.74, 6) is 0. The predicted molar refractivity (Wildman–Crippen MR) is 76.5 cm³/mol. The van der Waals surface area contributed by atoms with Gasteiger partial charge in [-0.05, 0) is 61.9 Å². The first kappa shape index (κ1) is 14.2. The molecule has 0 saturated heterocycles. The summed E-state index contributed by atoms with van der Waals surface area (Å²) in [4.78, 5) is 0. The van der Waals surface area contributed by atoms with Crippen LogP contribution in [0.5, 0.6) is 0 Å². The van der Waals surface area contributed by atoms with Crippen LogP contribution < -0.4 is 5.73 Å². The molecule has 0 amide bonds. The van der Waals surface area contributed by atoms with Gasteiger partial charge >= 0.3 is 0 Å². The molecule has 0 saturated carbocycles. The molecule has 1 aromatic rings. The van der Waals surface area contributed by atoms with E-state index >= 15 is 0 Å². The first-order valence-corrected chi connectivity index (χ1v) is 6.81. The number of nitrogens with two attached hydrogens (primary N) is 1. The lowest BCUT2D eigenvalue weighted by molar-refractivity contribution is 0.576. The van der Waals surface area contributed by atoms with Crippen molar-refractivity contribution in [2.75, 3.05) is 0 Å². The normalized spacial score (nSPS) is 12.8. The molecule has 1 heteroatoms. The third-order valence-corrected chi connectivity index (χ3v) is 3.91. The molecule has 0 aliphatic carbocycles. The van der Waals surface area contributed by atoms with E-state index in [0.717, 1.165) is 6.42 Å². The van der Waals surface area contributed by atoms with Gasteiger partial charge in [-0.25, -0.2) is 0 Å². The molecule has 0 aliphatic rings. The van der Waals surface area contributed by atoms with Crippen LogP contribution in [0.3, 0.4) is 0 Å². The van der Waals surface area contributed by atoms with Crippen molar-refractivity contribution in [3.63, 3.8) is 0 Å². The highest BCUT2D eigenvalue weighted by Gasteiger charge is 2.14. The monoisotopic (exact) mass is 233 g/mol. The van der Waals surface area contributed by atoms with E-state index in [9.17, 15) is 0 Å². The minimum absolute atomic E-state index is 0.208. The van der Waals surface area contributed by atoms with Gasteiger partial charge in [0.25, 0.3) is 0 Å². The molecule has 2 N–H and O–H groups in total. The zero-order chi connectivity index (χ0) is 13.0. The van der Waals surface area contributed by atoms with Crippen LogP contribution in [0.4, 0.5) is 0 Å². The minimum Gasteiger partial charge on any atom is -0.324 e. The first-order chi connectivity index (χ1) is 7.99. The summed E-state index contributed by atoms with van der Waals surface area (Å²) >= 11 is 0. The summed E-state index contributed by atoms with van der Waals surface area (Å²) in [6.45, 7) is 11.0. The molecule has 1 aromatic carbocycles. The van der Waals surface area contributed by atoms with Crippen LogP contribution in [0.2, 0.25) is 0 Å². The molecule has 96 valence electrons. The minimum atomic E-state index is 0.208. The van der Waals surface area contributed by atoms with Gasteiger partial charge in [-0.2, -0.15) is 0 Å². The van der Waals surface area contributed by atoms with Crippen molar-refractivity contribution in [2.24, 2.45) is 5.73 Å². The summed E-state index contributed by atoms with van der Waals surface area (Å²) in [5.41, 5.74) is 13.3. The van der Waals surface area contributed by atoms with Crippen molar-refractivity contribution < 1.29 is 0 Å². The van der Waals surface area contributed by atoms with Crippen LogP contribution in [-0.4, -0.2) is 0 Å². The zero-order valence-corrected chi connectivity index (χ0v) is 12.1. The van der Waals surface area contributed by atoms with E-state index in [0.29, 0.717) is 0 Å². The Morgan fingerprint density at radius 1 is 1.00 bits per heavy atom. The standard InChI is InChI=1S/C16H27N/c1-6-7-8-9-15(17)16-13(4)11(2)10-12(3)14(16)5/h10,15H,6-9,17H2,1-5H3. The van der Waals surface area contributed by atoms with Crippen LogP contribution in [0, 0.1) is 27.7 Å². The molecule has 0 fully saturated rings. The van der Waals surface area contributed by atoms with Crippen LogP contribution in [-0.2, 0) is 0 Å². The first-order valence-electron chi connectivity index (χ1n) is 6.81. The highest BCUT2D eigenvalue weighted by molar-refractivity contribution is 5.45. The van der Waals surface area contributed by atoms with Crippen LogP contribution in [0.25, 0.3) is 0 Å². The molecule has 0 spiro atoms. The largest absolute Gasteiger partial charge is 0.324 e. The Morgan fingerprint density at radius 3 is 2.00 bits per heavy atom. The number of rotatable bonds is 5. The Hall–Kier alpha value is -0.820. The van der Waals surface area contributed by atoms with E-state index in [4.69, 9.17) is 5.73 Å². The van der Waals surface area contributed by atoms with Gasteiger partial charge in [0.2, 0.25) is 0 Å². The SMILES string of the molecule is CCCCCC(N)c1c(C)c(C)cc(C)c1C. The summed E-state index contributed by atoms with van der Waals surface area (Å²) in [5, 5.41) is 0. The van der Waals surface area contributed by atoms with E-state index in [2.05, 4.69) is 40.7 Å². The van der Waals surface area contributed by atoms with E-state index in [1.807, 2.05) is 0 Å². The lowest BCUT2D eigenvalue weighted by Crippen LogP contribution is -2.15. The number of unbranched alkanes of at least 4 members (excludes halogenated alkanes) is 2. The average molecular weight is 233 g/mol. The molecule has 1 atom stereocenters. The second kappa shape index (κ2) is 6.20. The molecule has 0 bridgehead atoms. The Balaban J connectivity index is 2.95. The maximum Gasteiger partial charge on any atom is 0.0300 e. The Bertz CT molecular complexity index is 353. The van der Waals surface area contributed by atoms with Crippen LogP contribution >= 0.6 is 0 Å². The Morgan fingerprint density at radius 2 is 1.53 bits per heavy atom. The van der Waals surface area contributed by atoms with E-state index in [1.165, 1.54) is 47.1 Å². The van der Waals surface area contributed by atoms with E-state index < -0.39 is 0 Å². The summed E-state index contributed by atoms with van der Waals surface area (Å²) in [6, 6.07) is 2.48. The van der Waals surface area contributed by atoms with Gasteiger partial charge in [-0.1, -0.05) is 32.3 Å². The molecule has 1 unspecified atom stereocenters. The lowest BCUT2D eigenvalue weighted by Gasteiger charge is -2.21. The number of hydrogen-bond donors (Lipinski definition) is 1. The molecule has 1 rings (SSSR count). The Labute approximate surface area is 106 Å². The van der Waals surface area contributed by atoms with Gasteiger partial charge in [0.1, 0.15) is 0 Å². The molecule has 0 aromatic heterocycles. The van der Waals surface area contributed by atoms with Gasteiger partial charge in [-0.3, -0.25) is 0 Å². The topological polar surface area (TPSA) is 26.0 Å². The predicted octanol–water partition coefficient (Wildman–Crippen LogP) is 4.50. The summed E-state index contributed by atoms with van der Waals surface area (Å²) < 4.78 is 0. The fourth-order valence-corrected chi connectivity index (χ4v) is 2.56. The van der Waals surface area contributed by atoms with Crippen molar-refractivity contribution in [2.45, 2.75) is 66.3 Å². The highest BCUT2D eigenvalue weighted by Crippen LogP contribution is 2.28. The van der Waals surface area contributed by atoms with Crippen molar-refractivity contribution in [3.8, 4) is 0 Å². The highest BCUT2D eigenvalue weighted by atomic mass is 14.6. The molecule has 17 heavy (non-hydrogen) atoms. The molecule has 0 aliphatic heterocycles. The summed E-state index contributed by atoms with van der Waals surface area (Å²) in [6.07, 6.45) is 4.90. The third-order valence-electron chi connectivity index (χ3n) is 3.91. The maximum atomic E-state index is 6.38. The van der Waals surface area contributed by atoms with Crippen molar-refractivity contribution in [3.05, 3.63) is 33.9 Å². The fourth-order valence-electron chi connectivity index (χ4n) is 2.56. The molecule has 0 radical (unpaired) electrons. The van der Waals surface area contributed by atoms with Gasteiger partial charge < -0.3 is 5.73 Å². The van der Waals surface area contributed by atoms with Crippen molar-refractivity contribution in [1.29, 1.82) is 0 Å². The second-order valence-corrected chi connectivity index (χ2v) is 5.28. The maximum absolute atomic E-state index is 6.38. The average Bonchev–Trinajstić information content (AvgIpc) is 2.27. The molecular formula is C16H27N. The van der Waals surface area contributed by atoms with Gasteiger partial charge in [0.05, 0.1) is 0 Å². The summed E-state index contributed by atoms with van der Waals surface area (Å²) in [7, 11) is 0. The molecular weight excluding hydrogens is 206 g/mol. The Kier molecular flexibility index (Phi) is 5.20. The van der Waals surface area contributed by atoms with Gasteiger partial charge in [0.15, 0.2) is 0 Å². The van der Waals surface area contributed by atoms with E-state index in [1.54, 1.807) is 0 Å². The second-order valence-electron chi connectivity index (χ2n) is 5.28. The molecule has 1 nitrogen and oxygen atoms in total. The van der Waals surface area contributed by atoms with Gasteiger partial charge in [-0.15, -0.1) is 0 Å². The van der Waals surface area contributed by atoms with Crippen LogP contribution in [0.15, 0.2) is 6.07 Å². The quantitative estimate of drug-likeness (QED) is 0.744.